The first kappa shape index (κ1) is 16.4. The van der Waals surface area contributed by atoms with Crippen molar-refractivity contribution >= 4 is 23.2 Å². The Morgan fingerprint density at radius 1 is 0.800 bits per heavy atom. The van der Waals surface area contributed by atoms with Gasteiger partial charge in [0, 0.05) is 17.3 Å². The number of anilines is 3. The molecule has 0 aliphatic carbocycles. The summed E-state index contributed by atoms with van der Waals surface area (Å²) in [5.41, 5.74) is 0.573. The lowest BCUT2D eigenvalue weighted by molar-refractivity contribution is 0.102. The van der Waals surface area contributed by atoms with E-state index in [9.17, 15) is 18.0 Å². The molecule has 0 bridgehead atoms. The number of nitrogens with one attached hydrogen (secondary N) is 2. The van der Waals surface area contributed by atoms with Crippen LogP contribution in [-0.2, 0) is 0 Å². The van der Waals surface area contributed by atoms with Crippen molar-refractivity contribution in [2.24, 2.45) is 0 Å². The van der Waals surface area contributed by atoms with Crippen molar-refractivity contribution < 1.29 is 18.0 Å². The van der Waals surface area contributed by atoms with Gasteiger partial charge in [-0.05, 0) is 48.5 Å². The molecule has 2 N–H and O–H groups in total. The zero-order valence-corrected chi connectivity index (χ0v) is 12.6. The van der Waals surface area contributed by atoms with Gasteiger partial charge >= 0.3 is 0 Å². The number of halogens is 3. The van der Waals surface area contributed by atoms with E-state index < -0.39 is 23.4 Å². The standard InChI is InChI=1S/C17H11F3N4O/c18-11-3-1-10(2-4-11)17(25)22-16-8-7-15(23-24-16)21-12-5-6-13(19)14(20)9-12/h1-9H,(H,21,23)(H,22,24,25). The second-order valence-electron chi connectivity index (χ2n) is 5.02. The van der Waals surface area contributed by atoms with Gasteiger partial charge in [0.25, 0.3) is 5.91 Å². The van der Waals surface area contributed by atoms with Crippen molar-refractivity contribution in [3.05, 3.63) is 77.6 Å². The van der Waals surface area contributed by atoms with Crippen LogP contribution in [0.3, 0.4) is 0 Å². The van der Waals surface area contributed by atoms with E-state index >= 15 is 0 Å². The Morgan fingerprint density at radius 2 is 1.48 bits per heavy atom. The summed E-state index contributed by atoms with van der Waals surface area (Å²) in [7, 11) is 0. The van der Waals surface area contributed by atoms with E-state index in [1.165, 1.54) is 42.5 Å². The van der Waals surface area contributed by atoms with Crippen molar-refractivity contribution in [1.29, 1.82) is 0 Å². The second kappa shape index (κ2) is 7.00. The summed E-state index contributed by atoms with van der Waals surface area (Å²) in [5, 5.41) is 12.9. The molecule has 0 unspecified atom stereocenters. The minimum Gasteiger partial charge on any atom is -0.339 e. The first-order chi connectivity index (χ1) is 12.0. The maximum atomic E-state index is 13.2. The van der Waals surface area contributed by atoms with Crippen LogP contribution in [0.15, 0.2) is 54.6 Å². The van der Waals surface area contributed by atoms with Crippen LogP contribution >= 0.6 is 0 Å². The SMILES string of the molecule is O=C(Nc1ccc(Nc2ccc(F)c(F)c2)nn1)c1ccc(F)cc1. The Balaban J connectivity index is 1.66. The summed E-state index contributed by atoms with van der Waals surface area (Å²) in [5.74, 6) is -2.37. The van der Waals surface area contributed by atoms with Gasteiger partial charge in [-0.1, -0.05) is 0 Å². The number of hydrogen-bond donors (Lipinski definition) is 2. The third kappa shape index (κ3) is 4.11. The van der Waals surface area contributed by atoms with E-state index in [2.05, 4.69) is 20.8 Å². The van der Waals surface area contributed by atoms with Crippen molar-refractivity contribution in [2.45, 2.75) is 0 Å². The monoisotopic (exact) mass is 344 g/mol. The number of carbonyl (C=O) groups is 1. The minimum absolute atomic E-state index is 0.185. The average Bonchev–Trinajstić information content (AvgIpc) is 2.60. The van der Waals surface area contributed by atoms with E-state index in [0.29, 0.717) is 5.69 Å². The van der Waals surface area contributed by atoms with Crippen molar-refractivity contribution in [3.8, 4) is 0 Å². The molecule has 1 heterocycles. The molecule has 25 heavy (non-hydrogen) atoms. The highest BCUT2D eigenvalue weighted by molar-refractivity contribution is 6.03. The van der Waals surface area contributed by atoms with E-state index in [-0.39, 0.29) is 17.2 Å². The summed E-state index contributed by atoms with van der Waals surface area (Å²) < 4.78 is 38.9. The van der Waals surface area contributed by atoms with Crippen LogP contribution in [0.25, 0.3) is 0 Å². The van der Waals surface area contributed by atoms with Crippen LogP contribution in [0.4, 0.5) is 30.5 Å². The van der Waals surface area contributed by atoms with E-state index in [1.54, 1.807) is 0 Å². The fourth-order valence-electron chi connectivity index (χ4n) is 1.98. The molecule has 0 spiro atoms. The lowest BCUT2D eigenvalue weighted by Gasteiger charge is -2.07. The van der Waals surface area contributed by atoms with Gasteiger partial charge in [-0.3, -0.25) is 4.79 Å². The number of benzene rings is 2. The molecule has 2 aromatic carbocycles. The van der Waals surface area contributed by atoms with E-state index in [4.69, 9.17) is 0 Å². The minimum atomic E-state index is -0.985. The highest BCUT2D eigenvalue weighted by Crippen LogP contribution is 2.18. The molecule has 0 radical (unpaired) electrons. The molecule has 8 heteroatoms. The van der Waals surface area contributed by atoms with Gasteiger partial charge in [0.15, 0.2) is 23.3 Å². The fourth-order valence-corrected chi connectivity index (χ4v) is 1.98. The lowest BCUT2D eigenvalue weighted by Crippen LogP contribution is -2.13. The molecule has 5 nitrogen and oxygen atoms in total. The Bertz CT molecular complexity index is 899. The van der Waals surface area contributed by atoms with Gasteiger partial charge in [-0.15, -0.1) is 10.2 Å². The zero-order chi connectivity index (χ0) is 17.8. The Hall–Kier alpha value is -3.42. The van der Waals surface area contributed by atoms with Crippen LogP contribution < -0.4 is 10.6 Å². The molecular weight excluding hydrogens is 333 g/mol. The number of rotatable bonds is 4. The molecular formula is C17H11F3N4O. The molecule has 0 saturated carbocycles. The molecule has 3 rings (SSSR count). The largest absolute Gasteiger partial charge is 0.339 e. The summed E-state index contributed by atoms with van der Waals surface area (Å²) in [6.45, 7) is 0. The molecule has 0 fully saturated rings. The van der Waals surface area contributed by atoms with Gasteiger partial charge in [0.2, 0.25) is 0 Å². The molecule has 0 atom stereocenters. The zero-order valence-electron chi connectivity index (χ0n) is 12.6. The summed E-state index contributed by atoms with van der Waals surface area (Å²) in [6, 6.07) is 11.4. The second-order valence-corrected chi connectivity index (χ2v) is 5.02. The third-order valence-corrected chi connectivity index (χ3v) is 3.20. The lowest BCUT2D eigenvalue weighted by atomic mass is 10.2. The van der Waals surface area contributed by atoms with Gasteiger partial charge < -0.3 is 10.6 Å². The fraction of sp³-hybridized carbons (Fsp3) is 0. The quantitative estimate of drug-likeness (QED) is 0.753. The van der Waals surface area contributed by atoms with Crippen LogP contribution in [-0.4, -0.2) is 16.1 Å². The molecule has 3 aromatic rings. The van der Waals surface area contributed by atoms with Gasteiger partial charge in [-0.2, -0.15) is 0 Å². The van der Waals surface area contributed by atoms with Crippen LogP contribution in [0, 0.1) is 17.5 Å². The van der Waals surface area contributed by atoms with Gasteiger partial charge in [0.1, 0.15) is 5.82 Å². The van der Waals surface area contributed by atoms with Crippen LogP contribution in [0.1, 0.15) is 10.4 Å². The first-order valence-electron chi connectivity index (χ1n) is 7.14. The maximum absolute atomic E-state index is 13.2. The molecule has 126 valence electrons. The Morgan fingerprint density at radius 3 is 2.12 bits per heavy atom. The smallest absolute Gasteiger partial charge is 0.256 e. The van der Waals surface area contributed by atoms with Crippen LogP contribution in [0.5, 0.6) is 0 Å². The molecule has 1 amide bonds. The van der Waals surface area contributed by atoms with Gasteiger partial charge in [0.05, 0.1) is 0 Å². The highest BCUT2D eigenvalue weighted by atomic mass is 19.2. The van der Waals surface area contributed by atoms with Crippen molar-refractivity contribution in [1.82, 2.24) is 10.2 Å². The Labute approximate surface area is 140 Å². The number of carbonyl (C=O) groups excluding carboxylic acids is 1. The highest BCUT2D eigenvalue weighted by Gasteiger charge is 2.08. The molecule has 0 aliphatic rings. The normalized spacial score (nSPS) is 10.4. The maximum Gasteiger partial charge on any atom is 0.256 e. The number of nitrogens with zero attached hydrogens (tertiary/aromatic N) is 2. The molecule has 1 aromatic heterocycles. The topological polar surface area (TPSA) is 66.9 Å². The van der Waals surface area contributed by atoms with E-state index in [0.717, 1.165) is 12.1 Å². The predicted octanol–water partition coefficient (Wildman–Crippen LogP) is 3.89. The van der Waals surface area contributed by atoms with Crippen LogP contribution in [0.2, 0.25) is 0 Å². The average molecular weight is 344 g/mol. The number of aromatic nitrogens is 2. The molecule has 0 aliphatic heterocycles. The number of hydrogen-bond acceptors (Lipinski definition) is 4. The van der Waals surface area contributed by atoms with E-state index in [1.807, 2.05) is 0 Å². The summed E-state index contributed by atoms with van der Waals surface area (Å²) >= 11 is 0. The Kier molecular flexibility index (Phi) is 4.60. The predicted molar refractivity (Wildman–Crippen MR) is 86.0 cm³/mol. The summed E-state index contributed by atoms with van der Waals surface area (Å²) in [4.78, 5) is 12.0. The molecule has 0 saturated heterocycles. The first-order valence-corrected chi connectivity index (χ1v) is 7.14. The van der Waals surface area contributed by atoms with Gasteiger partial charge in [-0.25, -0.2) is 13.2 Å². The summed E-state index contributed by atoms with van der Waals surface area (Å²) in [6.07, 6.45) is 0. The third-order valence-electron chi connectivity index (χ3n) is 3.20. The van der Waals surface area contributed by atoms with Crippen molar-refractivity contribution in [3.63, 3.8) is 0 Å². The number of amides is 1. The van der Waals surface area contributed by atoms with Crippen molar-refractivity contribution in [2.75, 3.05) is 10.6 Å².